The fourth-order valence-corrected chi connectivity index (χ4v) is 4.20. The molecule has 2 aliphatic rings. The van der Waals surface area contributed by atoms with Crippen molar-refractivity contribution in [3.8, 4) is 0 Å². The highest BCUT2D eigenvalue weighted by atomic mass is 16.2. The van der Waals surface area contributed by atoms with Gasteiger partial charge in [0.25, 0.3) is 5.91 Å². The van der Waals surface area contributed by atoms with E-state index in [2.05, 4.69) is 57.4 Å². The van der Waals surface area contributed by atoms with E-state index in [9.17, 15) is 4.79 Å². The van der Waals surface area contributed by atoms with Crippen molar-refractivity contribution in [1.29, 1.82) is 0 Å². The molecule has 2 aromatic rings. The lowest BCUT2D eigenvalue weighted by Crippen LogP contribution is -2.47. The van der Waals surface area contributed by atoms with Crippen LogP contribution in [-0.4, -0.2) is 48.3 Å². The number of amides is 1. The van der Waals surface area contributed by atoms with E-state index in [0.29, 0.717) is 11.7 Å². The highest BCUT2D eigenvalue weighted by Crippen LogP contribution is 2.25. The smallest absolute Gasteiger partial charge is 0.272 e. The van der Waals surface area contributed by atoms with E-state index < -0.39 is 0 Å². The first-order valence-electron chi connectivity index (χ1n) is 10.3. The third-order valence-electron chi connectivity index (χ3n) is 6.09. The predicted molar refractivity (Wildman–Crippen MR) is 112 cm³/mol. The highest BCUT2D eigenvalue weighted by Gasteiger charge is 2.22. The molecular formula is C22H29N5O. The van der Waals surface area contributed by atoms with Crippen molar-refractivity contribution in [3.05, 3.63) is 47.2 Å². The summed E-state index contributed by atoms with van der Waals surface area (Å²) < 4.78 is 0. The minimum atomic E-state index is -0.106. The molecule has 1 aromatic heterocycles. The van der Waals surface area contributed by atoms with Crippen LogP contribution in [-0.2, 0) is 0 Å². The van der Waals surface area contributed by atoms with Crippen LogP contribution in [0.25, 0.3) is 0 Å². The molecule has 1 aliphatic carbocycles. The maximum Gasteiger partial charge on any atom is 0.272 e. The van der Waals surface area contributed by atoms with Gasteiger partial charge in [0.2, 0.25) is 0 Å². The maximum atomic E-state index is 12.3. The highest BCUT2D eigenvalue weighted by molar-refractivity contribution is 5.92. The number of hydrogen-bond acceptors (Lipinski definition) is 5. The molecule has 4 rings (SSSR count). The Labute approximate surface area is 166 Å². The second-order valence-corrected chi connectivity index (χ2v) is 7.92. The topological polar surface area (TPSA) is 61.4 Å². The molecule has 2 heterocycles. The molecule has 28 heavy (non-hydrogen) atoms. The van der Waals surface area contributed by atoms with Gasteiger partial charge in [-0.05, 0) is 56.0 Å². The second-order valence-electron chi connectivity index (χ2n) is 7.92. The second kappa shape index (κ2) is 8.17. The molecule has 0 bridgehead atoms. The molecule has 1 saturated heterocycles. The quantitative estimate of drug-likeness (QED) is 0.885. The van der Waals surface area contributed by atoms with Gasteiger partial charge in [-0.15, -0.1) is 10.2 Å². The Morgan fingerprint density at radius 3 is 2.36 bits per heavy atom. The molecule has 6 heteroatoms. The first kappa shape index (κ1) is 18.7. The number of aryl methyl sites for hydroxylation is 1. The predicted octanol–water partition coefficient (Wildman–Crippen LogP) is 3.09. The van der Waals surface area contributed by atoms with E-state index in [0.717, 1.165) is 44.8 Å². The summed E-state index contributed by atoms with van der Waals surface area (Å²) in [6.45, 7) is 8.06. The number of anilines is 2. The minimum absolute atomic E-state index is 0.106. The third-order valence-corrected chi connectivity index (χ3v) is 6.09. The number of hydrogen-bond donors (Lipinski definition) is 1. The fraction of sp³-hybridized carbons (Fsp3) is 0.500. The van der Waals surface area contributed by atoms with Gasteiger partial charge in [-0.2, -0.15) is 0 Å². The van der Waals surface area contributed by atoms with Gasteiger partial charge in [-0.25, -0.2) is 0 Å². The van der Waals surface area contributed by atoms with Crippen LogP contribution >= 0.6 is 0 Å². The van der Waals surface area contributed by atoms with Crippen molar-refractivity contribution in [2.24, 2.45) is 0 Å². The van der Waals surface area contributed by atoms with Crippen LogP contribution in [0.2, 0.25) is 0 Å². The van der Waals surface area contributed by atoms with Gasteiger partial charge >= 0.3 is 0 Å². The van der Waals surface area contributed by atoms with Gasteiger partial charge in [-0.3, -0.25) is 4.79 Å². The number of rotatable bonds is 4. The molecule has 1 aliphatic heterocycles. The van der Waals surface area contributed by atoms with Crippen LogP contribution in [0.3, 0.4) is 0 Å². The van der Waals surface area contributed by atoms with Crippen molar-refractivity contribution >= 4 is 17.4 Å². The lowest BCUT2D eigenvalue weighted by molar-refractivity contribution is 0.0932. The van der Waals surface area contributed by atoms with E-state index in [1.807, 2.05) is 6.07 Å². The van der Waals surface area contributed by atoms with Crippen LogP contribution < -0.4 is 15.1 Å². The number of carbonyl (C=O) groups is 1. The molecule has 0 atom stereocenters. The van der Waals surface area contributed by atoms with Crippen LogP contribution in [0.1, 0.15) is 47.3 Å². The summed E-state index contributed by atoms with van der Waals surface area (Å²) in [6.07, 6.45) is 4.54. The van der Waals surface area contributed by atoms with Gasteiger partial charge < -0.3 is 15.1 Å². The Morgan fingerprint density at radius 1 is 0.964 bits per heavy atom. The van der Waals surface area contributed by atoms with Crippen molar-refractivity contribution in [3.63, 3.8) is 0 Å². The number of nitrogens with zero attached hydrogens (tertiary/aromatic N) is 4. The van der Waals surface area contributed by atoms with Gasteiger partial charge in [-0.1, -0.05) is 25.0 Å². The molecule has 0 unspecified atom stereocenters. The summed E-state index contributed by atoms with van der Waals surface area (Å²) in [7, 11) is 0. The van der Waals surface area contributed by atoms with Crippen molar-refractivity contribution < 1.29 is 4.79 Å². The van der Waals surface area contributed by atoms with Crippen LogP contribution in [0.5, 0.6) is 0 Å². The largest absolute Gasteiger partial charge is 0.368 e. The molecule has 2 fully saturated rings. The monoisotopic (exact) mass is 379 g/mol. The summed E-state index contributed by atoms with van der Waals surface area (Å²) in [6, 6.07) is 10.5. The zero-order valence-electron chi connectivity index (χ0n) is 16.8. The first-order valence-corrected chi connectivity index (χ1v) is 10.3. The van der Waals surface area contributed by atoms with Crippen molar-refractivity contribution in [1.82, 2.24) is 15.5 Å². The number of carbonyl (C=O) groups excluding carboxylic acids is 1. The van der Waals surface area contributed by atoms with Crippen molar-refractivity contribution in [2.75, 3.05) is 36.0 Å². The normalized spacial score (nSPS) is 17.8. The Kier molecular flexibility index (Phi) is 5.46. The first-order chi connectivity index (χ1) is 13.6. The summed E-state index contributed by atoms with van der Waals surface area (Å²) in [5.74, 6) is 0.740. The maximum absolute atomic E-state index is 12.3. The molecule has 1 aromatic carbocycles. The Bertz CT molecular complexity index is 821. The van der Waals surface area contributed by atoms with Gasteiger partial charge in [0.05, 0.1) is 0 Å². The lowest BCUT2D eigenvalue weighted by Gasteiger charge is -2.37. The van der Waals surface area contributed by atoms with E-state index in [1.54, 1.807) is 6.07 Å². The summed E-state index contributed by atoms with van der Waals surface area (Å²) >= 11 is 0. The average Bonchev–Trinajstić information content (AvgIpc) is 3.23. The fourth-order valence-electron chi connectivity index (χ4n) is 4.20. The van der Waals surface area contributed by atoms with Crippen LogP contribution in [0.15, 0.2) is 30.3 Å². The molecule has 1 saturated carbocycles. The van der Waals surface area contributed by atoms with Crippen LogP contribution in [0.4, 0.5) is 11.5 Å². The third kappa shape index (κ3) is 3.96. The van der Waals surface area contributed by atoms with Crippen molar-refractivity contribution in [2.45, 2.75) is 45.6 Å². The zero-order chi connectivity index (χ0) is 19.5. The minimum Gasteiger partial charge on any atom is -0.368 e. The number of piperazine rings is 1. The van der Waals surface area contributed by atoms with E-state index in [4.69, 9.17) is 0 Å². The summed E-state index contributed by atoms with van der Waals surface area (Å²) in [5, 5.41) is 11.6. The number of nitrogens with one attached hydrogen (secondary N) is 1. The van der Waals surface area contributed by atoms with Gasteiger partial charge in [0, 0.05) is 37.9 Å². The van der Waals surface area contributed by atoms with Gasteiger partial charge in [0.15, 0.2) is 11.5 Å². The number of aromatic nitrogens is 2. The molecule has 1 N–H and O–H groups in total. The van der Waals surface area contributed by atoms with E-state index >= 15 is 0 Å². The summed E-state index contributed by atoms with van der Waals surface area (Å²) in [5.41, 5.74) is 4.42. The van der Waals surface area contributed by atoms with Crippen LogP contribution in [0, 0.1) is 13.8 Å². The lowest BCUT2D eigenvalue weighted by atomic mass is 10.1. The summed E-state index contributed by atoms with van der Waals surface area (Å²) in [4.78, 5) is 17.0. The molecule has 148 valence electrons. The molecule has 6 nitrogen and oxygen atoms in total. The average molecular weight is 380 g/mol. The molecule has 0 spiro atoms. The SMILES string of the molecule is Cc1cccc(N2CCN(c3ccc(C(=O)NC4CCCC4)nn3)CC2)c1C. The number of benzene rings is 1. The Hall–Kier alpha value is -2.63. The zero-order valence-corrected chi connectivity index (χ0v) is 16.8. The van der Waals surface area contributed by atoms with Gasteiger partial charge in [0.1, 0.15) is 0 Å². The molecular weight excluding hydrogens is 350 g/mol. The Balaban J connectivity index is 1.35. The Morgan fingerprint density at radius 2 is 1.68 bits per heavy atom. The van der Waals surface area contributed by atoms with E-state index in [-0.39, 0.29) is 5.91 Å². The van der Waals surface area contributed by atoms with E-state index in [1.165, 1.54) is 29.7 Å². The molecule has 0 radical (unpaired) electrons. The molecule has 1 amide bonds. The standard InChI is InChI=1S/C22H29N5O/c1-16-6-5-9-20(17(16)2)26-12-14-27(15-13-26)21-11-10-19(24-25-21)22(28)23-18-7-3-4-8-18/h5-6,9-11,18H,3-4,7-8,12-15H2,1-2H3,(H,23,28).